The van der Waals surface area contributed by atoms with Gasteiger partial charge in [0.15, 0.2) is 0 Å². The Kier molecular flexibility index (Phi) is 5.74. The smallest absolute Gasteiger partial charge is 0.270 e. The molecule has 0 aliphatic carbocycles. The van der Waals surface area contributed by atoms with Crippen LogP contribution in [0.5, 0.6) is 0 Å². The topological polar surface area (TPSA) is 93.5 Å². The minimum atomic E-state index is -0.531. The van der Waals surface area contributed by atoms with Gasteiger partial charge in [-0.1, -0.05) is 0 Å². The first-order valence-electron chi connectivity index (χ1n) is 5.92. The van der Waals surface area contributed by atoms with Gasteiger partial charge in [-0.3, -0.25) is 14.9 Å². The molecule has 7 heteroatoms. The Balaban J connectivity index is 2.81. The Morgan fingerprint density at radius 3 is 2.79 bits per heavy atom. The van der Waals surface area contributed by atoms with Gasteiger partial charge in [-0.15, -0.1) is 0 Å². The van der Waals surface area contributed by atoms with Crippen molar-refractivity contribution in [1.82, 2.24) is 5.32 Å². The maximum absolute atomic E-state index is 11.9. The van der Waals surface area contributed by atoms with Crippen LogP contribution in [-0.2, 0) is 4.74 Å². The summed E-state index contributed by atoms with van der Waals surface area (Å²) in [4.78, 5) is 22.1. The lowest BCUT2D eigenvalue weighted by atomic mass is 10.1. The molecule has 0 fully saturated rings. The van der Waals surface area contributed by atoms with Crippen LogP contribution in [0.25, 0.3) is 0 Å². The van der Waals surface area contributed by atoms with Crippen LogP contribution in [0.4, 0.5) is 11.4 Å². The molecular weight excluding hydrogens is 250 g/mol. The van der Waals surface area contributed by atoms with Gasteiger partial charge in [0.05, 0.1) is 17.1 Å². The second-order valence-corrected chi connectivity index (χ2v) is 3.69. The molecule has 1 aromatic carbocycles. The van der Waals surface area contributed by atoms with Crippen molar-refractivity contribution in [3.63, 3.8) is 0 Å². The van der Waals surface area contributed by atoms with Gasteiger partial charge in [0.2, 0.25) is 0 Å². The highest BCUT2D eigenvalue weighted by Crippen LogP contribution is 2.21. The van der Waals surface area contributed by atoms with E-state index in [0.29, 0.717) is 25.4 Å². The summed E-state index contributed by atoms with van der Waals surface area (Å²) in [7, 11) is 1.65. The summed E-state index contributed by atoms with van der Waals surface area (Å²) in [5, 5.41) is 16.2. The predicted octanol–water partition coefficient (Wildman–Crippen LogP) is 1.40. The van der Waals surface area contributed by atoms with E-state index in [0.717, 1.165) is 0 Å². The Bertz CT molecular complexity index is 462. The van der Waals surface area contributed by atoms with E-state index in [2.05, 4.69) is 10.6 Å². The number of nitro groups is 1. The molecule has 0 saturated heterocycles. The van der Waals surface area contributed by atoms with Crippen molar-refractivity contribution >= 4 is 17.3 Å². The lowest BCUT2D eigenvalue weighted by molar-refractivity contribution is -0.384. The second-order valence-electron chi connectivity index (χ2n) is 3.69. The van der Waals surface area contributed by atoms with Gasteiger partial charge in [-0.05, 0) is 13.0 Å². The van der Waals surface area contributed by atoms with Crippen LogP contribution in [0.1, 0.15) is 17.3 Å². The molecular formula is C12H17N3O4. The third-order valence-electron chi connectivity index (χ3n) is 2.46. The van der Waals surface area contributed by atoms with Crippen LogP contribution >= 0.6 is 0 Å². The number of ether oxygens (including phenoxy) is 1. The number of carbonyl (C=O) groups excluding carboxylic acids is 1. The lowest BCUT2D eigenvalue weighted by Crippen LogP contribution is -2.28. The SMILES string of the molecule is CCOCCNC(=O)c1cc([N+](=O)[O-])ccc1NC. The zero-order valence-electron chi connectivity index (χ0n) is 10.9. The average molecular weight is 267 g/mol. The standard InChI is InChI=1S/C12H17N3O4/c1-3-19-7-6-14-12(16)10-8-9(15(17)18)4-5-11(10)13-2/h4-5,8,13H,3,6-7H2,1-2H3,(H,14,16). The van der Waals surface area contributed by atoms with Crippen molar-refractivity contribution < 1.29 is 14.5 Å². The highest BCUT2D eigenvalue weighted by Gasteiger charge is 2.15. The van der Waals surface area contributed by atoms with Gasteiger partial charge < -0.3 is 15.4 Å². The molecule has 0 unspecified atom stereocenters. The van der Waals surface area contributed by atoms with Crippen LogP contribution in [0.2, 0.25) is 0 Å². The summed E-state index contributed by atoms with van der Waals surface area (Å²) in [5.41, 5.74) is 0.668. The molecule has 2 N–H and O–H groups in total. The molecule has 0 aliphatic heterocycles. The minimum Gasteiger partial charge on any atom is -0.387 e. The first-order valence-corrected chi connectivity index (χ1v) is 5.92. The summed E-state index contributed by atoms with van der Waals surface area (Å²) < 4.78 is 5.10. The predicted molar refractivity (Wildman–Crippen MR) is 71.5 cm³/mol. The molecule has 104 valence electrons. The number of amides is 1. The number of nitrogens with zero attached hydrogens (tertiary/aromatic N) is 1. The molecule has 0 bridgehead atoms. The molecule has 1 rings (SSSR count). The molecule has 0 aliphatic rings. The van der Waals surface area contributed by atoms with E-state index < -0.39 is 4.92 Å². The molecule has 0 radical (unpaired) electrons. The Hall–Kier alpha value is -2.15. The van der Waals surface area contributed by atoms with Crippen molar-refractivity contribution in [2.45, 2.75) is 6.92 Å². The molecule has 1 aromatic rings. The molecule has 0 atom stereocenters. The number of rotatable bonds is 7. The summed E-state index contributed by atoms with van der Waals surface area (Å²) >= 11 is 0. The fourth-order valence-electron chi connectivity index (χ4n) is 1.53. The van der Waals surface area contributed by atoms with E-state index in [4.69, 9.17) is 4.74 Å². The molecule has 1 amide bonds. The quantitative estimate of drug-likeness (QED) is 0.442. The number of hydrogen-bond acceptors (Lipinski definition) is 5. The molecule has 0 heterocycles. The number of anilines is 1. The second kappa shape index (κ2) is 7.32. The number of nitrogens with one attached hydrogen (secondary N) is 2. The third kappa shape index (κ3) is 4.22. The summed E-state index contributed by atoms with van der Waals surface area (Å²) in [6.07, 6.45) is 0. The molecule has 0 spiro atoms. The van der Waals surface area contributed by atoms with Gasteiger partial charge in [0.25, 0.3) is 11.6 Å². The van der Waals surface area contributed by atoms with Crippen molar-refractivity contribution in [3.8, 4) is 0 Å². The Labute approximate surface area is 111 Å². The van der Waals surface area contributed by atoms with Crippen LogP contribution in [0.3, 0.4) is 0 Å². The monoisotopic (exact) mass is 267 g/mol. The van der Waals surface area contributed by atoms with Crippen LogP contribution < -0.4 is 10.6 Å². The summed E-state index contributed by atoms with van der Waals surface area (Å²) in [6, 6.07) is 4.11. The Morgan fingerprint density at radius 2 is 2.21 bits per heavy atom. The van der Waals surface area contributed by atoms with Gasteiger partial charge >= 0.3 is 0 Å². The average Bonchev–Trinajstić information content (AvgIpc) is 2.42. The number of hydrogen-bond donors (Lipinski definition) is 2. The highest BCUT2D eigenvalue weighted by molar-refractivity contribution is 6.00. The molecule has 7 nitrogen and oxygen atoms in total. The lowest BCUT2D eigenvalue weighted by Gasteiger charge is -2.09. The van der Waals surface area contributed by atoms with Crippen LogP contribution in [0.15, 0.2) is 18.2 Å². The van der Waals surface area contributed by atoms with E-state index >= 15 is 0 Å². The van der Waals surface area contributed by atoms with E-state index in [1.165, 1.54) is 18.2 Å². The summed E-state index contributed by atoms with van der Waals surface area (Å²) in [5.74, 6) is -0.368. The van der Waals surface area contributed by atoms with Gasteiger partial charge in [0.1, 0.15) is 0 Å². The minimum absolute atomic E-state index is 0.117. The first-order chi connectivity index (χ1) is 9.10. The maximum Gasteiger partial charge on any atom is 0.270 e. The number of benzene rings is 1. The first kappa shape index (κ1) is 14.9. The van der Waals surface area contributed by atoms with Gasteiger partial charge in [-0.2, -0.15) is 0 Å². The molecule has 0 aromatic heterocycles. The fraction of sp³-hybridized carbons (Fsp3) is 0.417. The van der Waals surface area contributed by atoms with Crippen molar-refractivity contribution in [2.24, 2.45) is 0 Å². The van der Waals surface area contributed by atoms with Crippen molar-refractivity contribution in [2.75, 3.05) is 32.1 Å². The van der Waals surface area contributed by atoms with Crippen molar-refractivity contribution in [3.05, 3.63) is 33.9 Å². The third-order valence-corrected chi connectivity index (χ3v) is 2.46. The Morgan fingerprint density at radius 1 is 1.47 bits per heavy atom. The van der Waals surface area contributed by atoms with E-state index in [1.54, 1.807) is 7.05 Å². The largest absolute Gasteiger partial charge is 0.387 e. The van der Waals surface area contributed by atoms with Crippen molar-refractivity contribution in [1.29, 1.82) is 0 Å². The zero-order chi connectivity index (χ0) is 14.3. The molecule has 19 heavy (non-hydrogen) atoms. The highest BCUT2D eigenvalue weighted by atomic mass is 16.6. The van der Waals surface area contributed by atoms with E-state index in [1.807, 2.05) is 6.92 Å². The zero-order valence-corrected chi connectivity index (χ0v) is 10.9. The normalized spacial score (nSPS) is 10.0. The van der Waals surface area contributed by atoms with Gasteiger partial charge in [0, 0.05) is 38.0 Å². The van der Waals surface area contributed by atoms with E-state index in [9.17, 15) is 14.9 Å². The number of carbonyl (C=O) groups is 1. The summed E-state index contributed by atoms with van der Waals surface area (Å²) in [6.45, 7) is 3.21. The van der Waals surface area contributed by atoms with Crippen LogP contribution in [-0.4, -0.2) is 37.6 Å². The van der Waals surface area contributed by atoms with E-state index in [-0.39, 0.29) is 17.2 Å². The molecule has 0 saturated carbocycles. The fourth-order valence-corrected chi connectivity index (χ4v) is 1.53. The number of nitro benzene ring substituents is 1. The number of non-ortho nitro benzene ring substituents is 1. The van der Waals surface area contributed by atoms with Crippen LogP contribution in [0, 0.1) is 10.1 Å². The van der Waals surface area contributed by atoms with Gasteiger partial charge in [-0.25, -0.2) is 0 Å². The maximum atomic E-state index is 11.9.